The standard InChI is InChI=1S/C15H24N6/c1-13-9-20(11-14-8-17-19(3)10-14)6-7-21(13)12-15-16-4-5-18(15)2/h4-5,8,10,13H,6-7,9,11-12H2,1-3H3/t13-/m0/s1. The Kier molecular flexibility index (Phi) is 4.07. The number of imidazole rings is 1. The highest BCUT2D eigenvalue weighted by molar-refractivity contribution is 5.04. The van der Waals surface area contributed by atoms with Crippen molar-refractivity contribution in [2.24, 2.45) is 14.1 Å². The largest absolute Gasteiger partial charge is 0.337 e. The van der Waals surface area contributed by atoms with E-state index in [1.54, 1.807) is 0 Å². The van der Waals surface area contributed by atoms with E-state index < -0.39 is 0 Å². The van der Waals surface area contributed by atoms with Crippen LogP contribution in [0.4, 0.5) is 0 Å². The summed E-state index contributed by atoms with van der Waals surface area (Å²) in [5.41, 5.74) is 1.29. The van der Waals surface area contributed by atoms with Crippen LogP contribution < -0.4 is 0 Å². The van der Waals surface area contributed by atoms with Crippen molar-refractivity contribution in [2.75, 3.05) is 19.6 Å². The lowest BCUT2D eigenvalue weighted by atomic mass is 10.1. The molecule has 0 aromatic carbocycles. The summed E-state index contributed by atoms with van der Waals surface area (Å²) < 4.78 is 3.98. The van der Waals surface area contributed by atoms with Crippen LogP contribution in [-0.4, -0.2) is 54.8 Å². The molecule has 0 unspecified atom stereocenters. The van der Waals surface area contributed by atoms with Crippen molar-refractivity contribution >= 4 is 0 Å². The molecule has 0 N–H and O–H groups in total. The van der Waals surface area contributed by atoms with Crippen molar-refractivity contribution in [1.82, 2.24) is 29.1 Å². The van der Waals surface area contributed by atoms with Gasteiger partial charge in [-0.1, -0.05) is 0 Å². The van der Waals surface area contributed by atoms with E-state index in [2.05, 4.69) is 44.6 Å². The predicted molar refractivity (Wildman–Crippen MR) is 81.6 cm³/mol. The van der Waals surface area contributed by atoms with Crippen LogP contribution in [0.5, 0.6) is 0 Å². The Morgan fingerprint density at radius 3 is 2.71 bits per heavy atom. The Bertz CT molecular complexity index is 587. The molecule has 6 heteroatoms. The summed E-state index contributed by atoms with van der Waals surface area (Å²) in [5, 5.41) is 4.24. The molecule has 1 aliphatic rings. The van der Waals surface area contributed by atoms with Crippen LogP contribution in [0.25, 0.3) is 0 Å². The molecule has 1 saturated heterocycles. The lowest BCUT2D eigenvalue weighted by Gasteiger charge is -2.39. The molecule has 0 bridgehead atoms. The van der Waals surface area contributed by atoms with Crippen LogP contribution in [0.2, 0.25) is 0 Å². The van der Waals surface area contributed by atoms with Crippen LogP contribution in [0.15, 0.2) is 24.8 Å². The SMILES string of the molecule is C[C@H]1CN(Cc2cnn(C)c2)CCN1Cc1nccn1C. The maximum Gasteiger partial charge on any atom is 0.122 e. The molecule has 3 rings (SSSR count). The highest BCUT2D eigenvalue weighted by Crippen LogP contribution is 2.15. The summed E-state index contributed by atoms with van der Waals surface area (Å²) in [6.45, 7) is 7.52. The molecule has 0 spiro atoms. The van der Waals surface area contributed by atoms with Crippen LogP contribution in [-0.2, 0) is 27.2 Å². The van der Waals surface area contributed by atoms with Crippen molar-refractivity contribution in [3.8, 4) is 0 Å². The molecule has 2 aromatic rings. The smallest absolute Gasteiger partial charge is 0.122 e. The Hall–Kier alpha value is -1.66. The van der Waals surface area contributed by atoms with Gasteiger partial charge in [0.25, 0.3) is 0 Å². The van der Waals surface area contributed by atoms with E-state index in [1.165, 1.54) is 5.56 Å². The Labute approximate surface area is 126 Å². The molecule has 3 heterocycles. The first-order valence-corrected chi connectivity index (χ1v) is 7.52. The summed E-state index contributed by atoms with van der Waals surface area (Å²) in [5.74, 6) is 1.14. The minimum absolute atomic E-state index is 0.548. The highest BCUT2D eigenvalue weighted by Gasteiger charge is 2.24. The van der Waals surface area contributed by atoms with Gasteiger partial charge in [-0.25, -0.2) is 4.98 Å². The van der Waals surface area contributed by atoms with Gasteiger partial charge in [0.05, 0.1) is 12.7 Å². The van der Waals surface area contributed by atoms with E-state index in [0.29, 0.717) is 6.04 Å². The number of aryl methyl sites for hydroxylation is 2. The summed E-state index contributed by atoms with van der Waals surface area (Å²) in [6, 6.07) is 0.548. The molecule has 0 radical (unpaired) electrons. The molecule has 1 fully saturated rings. The van der Waals surface area contributed by atoms with Crippen molar-refractivity contribution in [1.29, 1.82) is 0 Å². The molecule has 21 heavy (non-hydrogen) atoms. The average Bonchev–Trinajstić information content (AvgIpc) is 3.02. The first-order chi connectivity index (χ1) is 10.1. The number of hydrogen-bond donors (Lipinski definition) is 0. The molecule has 0 aliphatic carbocycles. The normalized spacial score (nSPS) is 21.0. The zero-order valence-corrected chi connectivity index (χ0v) is 13.1. The molecular weight excluding hydrogens is 264 g/mol. The Morgan fingerprint density at radius 2 is 2.10 bits per heavy atom. The quantitative estimate of drug-likeness (QED) is 0.837. The summed E-state index contributed by atoms with van der Waals surface area (Å²) >= 11 is 0. The summed E-state index contributed by atoms with van der Waals surface area (Å²) in [6.07, 6.45) is 7.95. The molecule has 6 nitrogen and oxygen atoms in total. The monoisotopic (exact) mass is 288 g/mol. The van der Waals surface area contributed by atoms with Crippen LogP contribution in [0.1, 0.15) is 18.3 Å². The van der Waals surface area contributed by atoms with Gasteiger partial charge < -0.3 is 4.57 Å². The Balaban J connectivity index is 1.55. The zero-order chi connectivity index (χ0) is 14.8. The van der Waals surface area contributed by atoms with Gasteiger partial charge in [0.15, 0.2) is 0 Å². The molecule has 1 aliphatic heterocycles. The van der Waals surface area contributed by atoms with Gasteiger partial charge in [0.1, 0.15) is 5.82 Å². The topological polar surface area (TPSA) is 42.1 Å². The third-order valence-electron chi connectivity index (χ3n) is 4.28. The molecule has 1 atom stereocenters. The fourth-order valence-corrected chi connectivity index (χ4v) is 2.99. The van der Waals surface area contributed by atoms with Crippen LogP contribution in [0.3, 0.4) is 0 Å². The fourth-order valence-electron chi connectivity index (χ4n) is 2.99. The molecule has 0 amide bonds. The van der Waals surface area contributed by atoms with E-state index in [1.807, 2.05) is 30.3 Å². The van der Waals surface area contributed by atoms with Gasteiger partial charge in [0.2, 0.25) is 0 Å². The summed E-state index contributed by atoms with van der Waals surface area (Å²) in [7, 11) is 4.03. The van der Waals surface area contributed by atoms with Gasteiger partial charge >= 0.3 is 0 Å². The molecule has 0 saturated carbocycles. The minimum atomic E-state index is 0.548. The highest BCUT2D eigenvalue weighted by atomic mass is 15.3. The third kappa shape index (κ3) is 3.33. The average molecular weight is 288 g/mol. The molecule has 2 aromatic heterocycles. The molecular formula is C15H24N6. The second kappa shape index (κ2) is 5.99. The zero-order valence-electron chi connectivity index (χ0n) is 13.1. The first-order valence-electron chi connectivity index (χ1n) is 7.52. The van der Waals surface area contributed by atoms with Crippen molar-refractivity contribution in [3.63, 3.8) is 0 Å². The van der Waals surface area contributed by atoms with E-state index in [4.69, 9.17) is 0 Å². The number of nitrogens with zero attached hydrogens (tertiary/aromatic N) is 6. The summed E-state index contributed by atoms with van der Waals surface area (Å²) in [4.78, 5) is 9.46. The minimum Gasteiger partial charge on any atom is -0.337 e. The number of piperazine rings is 1. The van der Waals surface area contributed by atoms with E-state index in [-0.39, 0.29) is 0 Å². The van der Waals surface area contributed by atoms with Crippen LogP contribution >= 0.6 is 0 Å². The van der Waals surface area contributed by atoms with Gasteiger partial charge in [-0.2, -0.15) is 5.10 Å². The van der Waals surface area contributed by atoms with Gasteiger partial charge in [0, 0.05) is 70.5 Å². The second-order valence-corrected chi connectivity index (χ2v) is 6.03. The predicted octanol–water partition coefficient (Wildman–Crippen LogP) is 0.860. The van der Waals surface area contributed by atoms with Crippen molar-refractivity contribution in [3.05, 3.63) is 36.2 Å². The van der Waals surface area contributed by atoms with Crippen molar-refractivity contribution < 1.29 is 0 Å². The first kappa shape index (κ1) is 14.3. The van der Waals surface area contributed by atoms with Gasteiger partial charge in [-0.3, -0.25) is 14.5 Å². The number of rotatable bonds is 4. The van der Waals surface area contributed by atoms with Gasteiger partial charge in [-0.05, 0) is 6.92 Å². The van der Waals surface area contributed by atoms with Gasteiger partial charge in [-0.15, -0.1) is 0 Å². The van der Waals surface area contributed by atoms with E-state index in [0.717, 1.165) is 38.5 Å². The maximum atomic E-state index is 4.43. The third-order valence-corrected chi connectivity index (χ3v) is 4.28. The fraction of sp³-hybridized carbons (Fsp3) is 0.600. The van der Waals surface area contributed by atoms with Crippen molar-refractivity contribution in [2.45, 2.75) is 26.1 Å². The van der Waals surface area contributed by atoms with E-state index >= 15 is 0 Å². The second-order valence-electron chi connectivity index (χ2n) is 6.03. The number of aromatic nitrogens is 4. The number of hydrogen-bond acceptors (Lipinski definition) is 4. The lowest BCUT2D eigenvalue weighted by Crippen LogP contribution is -2.51. The molecule has 114 valence electrons. The maximum absolute atomic E-state index is 4.43. The van der Waals surface area contributed by atoms with E-state index in [9.17, 15) is 0 Å². The Morgan fingerprint density at radius 1 is 1.24 bits per heavy atom. The lowest BCUT2D eigenvalue weighted by molar-refractivity contribution is 0.0707. The van der Waals surface area contributed by atoms with Crippen LogP contribution in [0, 0.1) is 0 Å².